The van der Waals surface area contributed by atoms with Crippen molar-refractivity contribution < 1.29 is 4.79 Å². The first kappa shape index (κ1) is 14.4. The first-order valence-electron chi connectivity index (χ1n) is 5.91. The van der Waals surface area contributed by atoms with Crippen LogP contribution in [0.3, 0.4) is 0 Å². The monoisotopic (exact) mass is 215 g/mol. The predicted octanol–water partition coefficient (Wildman–Crippen LogP) is 0.572. The van der Waals surface area contributed by atoms with Crippen molar-refractivity contribution in [1.29, 1.82) is 0 Å². The van der Waals surface area contributed by atoms with E-state index >= 15 is 0 Å². The third kappa shape index (κ3) is 6.47. The lowest BCUT2D eigenvalue weighted by molar-refractivity contribution is -0.122. The number of nitrogens with one attached hydrogen (secondary N) is 1. The third-order valence-corrected chi connectivity index (χ3v) is 2.56. The molecule has 4 nitrogen and oxygen atoms in total. The van der Waals surface area contributed by atoms with Crippen LogP contribution in [0.5, 0.6) is 0 Å². The number of nitrogens with two attached hydrogens (primary N) is 1. The molecule has 0 spiro atoms. The maximum Gasteiger partial charge on any atom is 0.236 e. The van der Waals surface area contributed by atoms with Gasteiger partial charge in [-0.25, -0.2) is 0 Å². The van der Waals surface area contributed by atoms with Gasteiger partial charge >= 0.3 is 0 Å². The molecule has 0 aliphatic rings. The zero-order valence-corrected chi connectivity index (χ0v) is 10.3. The number of nitrogens with zero attached hydrogens (tertiary/aromatic N) is 1. The Hall–Kier alpha value is -0.610. The van der Waals surface area contributed by atoms with Gasteiger partial charge in [-0.1, -0.05) is 27.2 Å². The molecular weight excluding hydrogens is 190 g/mol. The summed E-state index contributed by atoms with van der Waals surface area (Å²) in [7, 11) is 0. The Balaban J connectivity index is 3.62. The van der Waals surface area contributed by atoms with E-state index < -0.39 is 0 Å². The summed E-state index contributed by atoms with van der Waals surface area (Å²) in [6, 6.07) is -0.341. The van der Waals surface area contributed by atoms with Crippen LogP contribution >= 0.6 is 0 Å². The number of likely N-dealkylation sites (N-methyl/N-ethyl adjacent to an activating group) is 1. The molecule has 0 saturated carbocycles. The molecule has 0 aromatic carbocycles. The summed E-state index contributed by atoms with van der Waals surface area (Å²) < 4.78 is 0. The minimum Gasteiger partial charge on any atom is -0.353 e. The Morgan fingerprint density at radius 1 is 1.33 bits per heavy atom. The lowest BCUT2D eigenvalue weighted by Gasteiger charge is -2.18. The molecule has 15 heavy (non-hydrogen) atoms. The Morgan fingerprint density at radius 3 is 2.40 bits per heavy atom. The summed E-state index contributed by atoms with van der Waals surface area (Å²) >= 11 is 0. The molecule has 0 heterocycles. The van der Waals surface area contributed by atoms with Crippen molar-refractivity contribution >= 4 is 5.91 Å². The lowest BCUT2D eigenvalue weighted by atomic mass is 10.2. The van der Waals surface area contributed by atoms with Crippen LogP contribution in [0.25, 0.3) is 0 Å². The van der Waals surface area contributed by atoms with Gasteiger partial charge in [-0.05, 0) is 19.5 Å². The van der Waals surface area contributed by atoms with E-state index in [4.69, 9.17) is 5.73 Å². The number of hydrogen-bond acceptors (Lipinski definition) is 3. The van der Waals surface area contributed by atoms with Crippen molar-refractivity contribution in [2.24, 2.45) is 5.73 Å². The largest absolute Gasteiger partial charge is 0.353 e. The molecule has 0 fully saturated rings. The van der Waals surface area contributed by atoms with Crippen molar-refractivity contribution in [3.8, 4) is 0 Å². The highest BCUT2D eigenvalue weighted by Gasteiger charge is 2.11. The third-order valence-electron chi connectivity index (χ3n) is 2.56. The van der Waals surface area contributed by atoms with Gasteiger partial charge in [-0.3, -0.25) is 4.79 Å². The summed E-state index contributed by atoms with van der Waals surface area (Å²) in [5, 5.41) is 2.86. The van der Waals surface area contributed by atoms with E-state index in [1.165, 1.54) is 0 Å². The van der Waals surface area contributed by atoms with Gasteiger partial charge in [-0.2, -0.15) is 0 Å². The quantitative estimate of drug-likeness (QED) is 0.622. The fourth-order valence-corrected chi connectivity index (χ4v) is 1.45. The van der Waals surface area contributed by atoms with E-state index in [0.717, 1.165) is 32.5 Å². The molecule has 4 heteroatoms. The van der Waals surface area contributed by atoms with Gasteiger partial charge in [0.25, 0.3) is 0 Å². The average molecular weight is 215 g/mol. The van der Waals surface area contributed by atoms with E-state index in [9.17, 15) is 4.79 Å². The van der Waals surface area contributed by atoms with E-state index in [1.54, 1.807) is 0 Å². The SMILES string of the molecule is CCCC(N)C(=O)NCCN(CC)CC. The summed E-state index contributed by atoms with van der Waals surface area (Å²) in [5.74, 6) is -0.0241. The average Bonchev–Trinajstić information content (AvgIpc) is 2.24. The van der Waals surface area contributed by atoms with Crippen LogP contribution in [0.4, 0.5) is 0 Å². The molecule has 0 radical (unpaired) electrons. The molecule has 1 amide bonds. The van der Waals surface area contributed by atoms with E-state index in [0.29, 0.717) is 6.54 Å². The van der Waals surface area contributed by atoms with Crippen molar-refractivity contribution in [2.45, 2.75) is 39.7 Å². The van der Waals surface area contributed by atoms with Gasteiger partial charge in [0.15, 0.2) is 0 Å². The molecule has 0 bridgehead atoms. The number of rotatable bonds is 8. The minimum atomic E-state index is -0.341. The first-order chi connectivity index (χ1) is 7.15. The highest BCUT2D eigenvalue weighted by atomic mass is 16.2. The van der Waals surface area contributed by atoms with Crippen molar-refractivity contribution in [3.63, 3.8) is 0 Å². The molecule has 1 atom stereocenters. The summed E-state index contributed by atoms with van der Waals surface area (Å²) in [4.78, 5) is 13.7. The number of carbonyl (C=O) groups is 1. The highest BCUT2D eigenvalue weighted by molar-refractivity contribution is 5.81. The smallest absolute Gasteiger partial charge is 0.236 e. The van der Waals surface area contributed by atoms with Crippen LogP contribution in [-0.2, 0) is 4.79 Å². The fourth-order valence-electron chi connectivity index (χ4n) is 1.45. The summed E-state index contributed by atoms with van der Waals surface area (Å²) in [6.07, 6.45) is 1.71. The van der Waals surface area contributed by atoms with Gasteiger partial charge in [0.05, 0.1) is 6.04 Å². The zero-order chi connectivity index (χ0) is 11.7. The van der Waals surface area contributed by atoms with Crippen LogP contribution in [0.1, 0.15) is 33.6 Å². The molecule has 3 N–H and O–H groups in total. The molecule has 0 aliphatic carbocycles. The molecule has 0 rings (SSSR count). The van der Waals surface area contributed by atoms with E-state index in [2.05, 4.69) is 24.1 Å². The normalized spacial score (nSPS) is 12.9. The molecule has 0 aromatic heterocycles. The second-order valence-corrected chi connectivity index (χ2v) is 3.71. The Bertz CT molecular complexity index is 169. The van der Waals surface area contributed by atoms with Crippen molar-refractivity contribution in [3.05, 3.63) is 0 Å². The van der Waals surface area contributed by atoms with Crippen LogP contribution in [0.15, 0.2) is 0 Å². The summed E-state index contributed by atoms with van der Waals surface area (Å²) in [5.41, 5.74) is 5.68. The van der Waals surface area contributed by atoms with Crippen molar-refractivity contribution in [1.82, 2.24) is 10.2 Å². The Labute approximate surface area is 93.2 Å². The van der Waals surface area contributed by atoms with Gasteiger partial charge in [-0.15, -0.1) is 0 Å². The van der Waals surface area contributed by atoms with E-state index in [1.807, 2.05) is 6.92 Å². The van der Waals surface area contributed by atoms with Crippen LogP contribution in [0, 0.1) is 0 Å². The van der Waals surface area contributed by atoms with Gasteiger partial charge in [0.2, 0.25) is 5.91 Å². The fraction of sp³-hybridized carbons (Fsp3) is 0.909. The summed E-state index contributed by atoms with van der Waals surface area (Å²) in [6.45, 7) is 9.90. The maximum atomic E-state index is 11.4. The van der Waals surface area contributed by atoms with Crippen LogP contribution in [-0.4, -0.2) is 43.0 Å². The lowest BCUT2D eigenvalue weighted by Crippen LogP contribution is -2.43. The second kappa shape index (κ2) is 8.68. The zero-order valence-electron chi connectivity index (χ0n) is 10.3. The topological polar surface area (TPSA) is 58.4 Å². The number of hydrogen-bond donors (Lipinski definition) is 2. The molecule has 1 unspecified atom stereocenters. The highest BCUT2D eigenvalue weighted by Crippen LogP contribution is 1.92. The maximum absolute atomic E-state index is 11.4. The number of amides is 1. The molecule has 0 aliphatic heterocycles. The van der Waals surface area contributed by atoms with Gasteiger partial charge in [0.1, 0.15) is 0 Å². The van der Waals surface area contributed by atoms with Gasteiger partial charge < -0.3 is 16.0 Å². The second-order valence-electron chi connectivity index (χ2n) is 3.71. The molecule has 0 saturated heterocycles. The predicted molar refractivity (Wildman–Crippen MR) is 63.7 cm³/mol. The number of carbonyl (C=O) groups excluding carboxylic acids is 1. The van der Waals surface area contributed by atoms with Crippen LogP contribution in [0.2, 0.25) is 0 Å². The molecular formula is C11H25N3O. The minimum absolute atomic E-state index is 0.0241. The Kier molecular flexibility index (Phi) is 8.33. The van der Waals surface area contributed by atoms with Crippen LogP contribution < -0.4 is 11.1 Å². The standard InChI is InChI=1S/C11H25N3O/c1-4-7-10(12)11(15)13-8-9-14(5-2)6-3/h10H,4-9,12H2,1-3H3,(H,13,15). The Morgan fingerprint density at radius 2 is 1.93 bits per heavy atom. The van der Waals surface area contributed by atoms with E-state index in [-0.39, 0.29) is 11.9 Å². The molecule has 90 valence electrons. The van der Waals surface area contributed by atoms with Crippen molar-refractivity contribution in [2.75, 3.05) is 26.2 Å². The van der Waals surface area contributed by atoms with Gasteiger partial charge in [0, 0.05) is 13.1 Å². The molecule has 0 aromatic rings. The first-order valence-corrected chi connectivity index (χ1v) is 5.91.